The second kappa shape index (κ2) is 7.63. The molecule has 2 aliphatic carbocycles. The number of carbonyl (C=O) groups is 2. The number of hydrogen-bond acceptors (Lipinski definition) is 7. The minimum atomic E-state index is -0.356. The third-order valence-electron chi connectivity index (χ3n) is 4.71. The molecule has 0 spiro atoms. The summed E-state index contributed by atoms with van der Waals surface area (Å²) in [4.78, 5) is 24.8. The number of nitrogens with zero attached hydrogens (tertiary/aromatic N) is 3. The molecule has 144 valence electrons. The first-order chi connectivity index (χ1) is 13.1. The quantitative estimate of drug-likeness (QED) is 0.533. The van der Waals surface area contributed by atoms with E-state index in [1.807, 2.05) is 17.0 Å². The van der Waals surface area contributed by atoms with Crippen LogP contribution in [-0.2, 0) is 16.6 Å². The summed E-state index contributed by atoms with van der Waals surface area (Å²) in [6, 6.07) is 0. The van der Waals surface area contributed by atoms with Crippen LogP contribution in [0.5, 0.6) is 0 Å². The maximum atomic E-state index is 12.4. The Bertz CT molecular complexity index is 868. The summed E-state index contributed by atoms with van der Waals surface area (Å²) in [6.45, 7) is 2.10. The molecule has 0 radical (unpaired) electrons. The molecule has 0 saturated heterocycles. The van der Waals surface area contributed by atoms with Gasteiger partial charge >= 0.3 is 5.97 Å². The Kier molecular flexibility index (Phi) is 5.23. The van der Waals surface area contributed by atoms with Gasteiger partial charge in [0.15, 0.2) is 5.16 Å². The van der Waals surface area contributed by atoms with Gasteiger partial charge in [0.1, 0.15) is 10.8 Å². The van der Waals surface area contributed by atoms with Gasteiger partial charge < -0.3 is 14.6 Å². The van der Waals surface area contributed by atoms with Crippen LogP contribution in [0.3, 0.4) is 0 Å². The molecule has 9 heteroatoms. The van der Waals surface area contributed by atoms with Crippen LogP contribution in [-0.4, -0.2) is 39.0 Å². The van der Waals surface area contributed by atoms with Crippen molar-refractivity contribution in [3.63, 3.8) is 0 Å². The zero-order valence-electron chi connectivity index (χ0n) is 15.4. The molecule has 0 aliphatic heterocycles. The fourth-order valence-corrected chi connectivity index (χ4v) is 4.78. The van der Waals surface area contributed by atoms with Crippen molar-refractivity contribution in [3.05, 3.63) is 22.3 Å². The molecule has 2 heterocycles. The Labute approximate surface area is 165 Å². The van der Waals surface area contributed by atoms with Gasteiger partial charge in [-0.25, -0.2) is 4.79 Å². The Morgan fingerprint density at radius 1 is 1.30 bits per heavy atom. The van der Waals surface area contributed by atoms with E-state index in [4.69, 9.17) is 4.74 Å². The molecule has 27 heavy (non-hydrogen) atoms. The third-order valence-corrected chi connectivity index (χ3v) is 6.65. The van der Waals surface area contributed by atoms with Crippen LogP contribution in [0.4, 0.5) is 5.00 Å². The number of aromatic nitrogens is 3. The minimum absolute atomic E-state index is 0.161. The monoisotopic (exact) mass is 406 g/mol. The average Bonchev–Trinajstić information content (AvgIpc) is 3.57. The van der Waals surface area contributed by atoms with Crippen molar-refractivity contribution in [2.24, 2.45) is 7.05 Å². The fraction of sp³-hybridized carbons (Fsp3) is 0.556. The number of esters is 1. The molecule has 0 unspecified atom stereocenters. The third kappa shape index (κ3) is 4.03. The molecule has 0 aromatic carbocycles. The molecule has 0 atom stereocenters. The van der Waals surface area contributed by atoms with Crippen molar-refractivity contribution in [2.45, 2.75) is 49.6 Å². The van der Waals surface area contributed by atoms with Gasteiger partial charge in [0.25, 0.3) is 0 Å². The smallest absolute Gasteiger partial charge is 0.341 e. The van der Waals surface area contributed by atoms with Crippen molar-refractivity contribution in [1.29, 1.82) is 0 Å². The van der Waals surface area contributed by atoms with Gasteiger partial charge in [0.2, 0.25) is 5.91 Å². The van der Waals surface area contributed by atoms with Gasteiger partial charge in [0, 0.05) is 13.0 Å². The first kappa shape index (κ1) is 18.5. The Balaban J connectivity index is 1.41. The number of thiophene rings is 1. The molecule has 4 rings (SSSR count). The second-order valence-electron chi connectivity index (χ2n) is 6.90. The highest BCUT2D eigenvalue weighted by Gasteiger charge is 2.32. The normalized spacial score (nSPS) is 16.4. The van der Waals surface area contributed by atoms with Gasteiger partial charge in [-0.05, 0) is 49.5 Å². The molecular formula is C18H22N4O3S2. The number of ether oxygens (including phenoxy) is 1. The Morgan fingerprint density at radius 2 is 2.04 bits per heavy atom. The van der Waals surface area contributed by atoms with Crippen LogP contribution in [0.25, 0.3) is 0 Å². The van der Waals surface area contributed by atoms with E-state index in [1.165, 1.54) is 23.1 Å². The van der Waals surface area contributed by atoms with Crippen molar-refractivity contribution in [1.82, 2.24) is 14.8 Å². The fourth-order valence-electron chi connectivity index (χ4n) is 3.01. The maximum absolute atomic E-state index is 12.4. The summed E-state index contributed by atoms with van der Waals surface area (Å²) in [5.41, 5.74) is 1.53. The van der Waals surface area contributed by atoms with Crippen molar-refractivity contribution in [3.8, 4) is 0 Å². The van der Waals surface area contributed by atoms with Crippen molar-refractivity contribution >= 4 is 40.0 Å². The van der Waals surface area contributed by atoms with E-state index in [1.54, 1.807) is 6.92 Å². The van der Waals surface area contributed by atoms with E-state index >= 15 is 0 Å². The van der Waals surface area contributed by atoms with E-state index < -0.39 is 0 Å². The number of nitrogens with one attached hydrogen (secondary N) is 1. The number of anilines is 1. The summed E-state index contributed by atoms with van der Waals surface area (Å²) >= 11 is 2.75. The maximum Gasteiger partial charge on any atom is 0.341 e. The summed E-state index contributed by atoms with van der Waals surface area (Å²) in [7, 11) is 1.94. The minimum Gasteiger partial charge on any atom is -0.462 e. The lowest BCUT2D eigenvalue weighted by Gasteiger charge is -2.08. The van der Waals surface area contributed by atoms with Crippen molar-refractivity contribution in [2.75, 3.05) is 17.7 Å². The lowest BCUT2D eigenvalue weighted by molar-refractivity contribution is -0.113. The zero-order chi connectivity index (χ0) is 19.0. The molecule has 2 aliphatic rings. The number of carbonyl (C=O) groups excluding carboxylic acids is 2. The molecule has 2 aromatic rings. The summed E-state index contributed by atoms with van der Waals surface area (Å²) in [6.07, 6.45) is 4.49. The van der Waals surface area contributed by atoms with E-state index in [0.29, 0.717) is 29.0 Å². The van der Waals surface area contributed by atoms with E-state index in [0.717, 1.165) is 42.2 Å². The average molecular weight is 407 g/mol. The molecule has 7 nitrogen and oxygen atoms in total. The standard InChI is InChI=1S/C18H22N4O3S2/c1-3-25-17(24)14-12(10-4-5-10)8-26-16(14)19-13(23)9-27-18-21-20-15(22(18)2)11-6-7-11/h8,10-11H,3-7,9H2,1-2H3,(H,19,23). The lowest BCUT2D eigenvalue weighted by Crippen LogP contribution is -2.17. The molecule has 2 aromatic heterocycles. The predicted octanol–water partition coefficient (Wildman–Crippen LogP) is 3.54. The van der Waals surface area contributed by atoms with Gasteiger partial charge in [-0.15, -0.1) is 21.5 Å². The molecule has 2 saturated carbocycles. The van der Waals surface area contributed by atoms with E-state index in [9.17, 15) is 9.59 Å². The van der Waals surface area contributed by atoms with Crippen molar-refractivity contribution < 1.29 is 14.3 Å². The number of hydrogen-bond donors (Lipinski definition) is 1. The topological polar surface area (TPSA) is 86.1 Å². The first-order valence-corrected chi connectivity index (χ1v) is 11.1. The van der Waals surface area contributed by atoms with Gasteiger partial charge in [0.05, 0.1) is 17.9 Å². The SMILES string of the molecule is CCOC(=O)c1c(C2CC2)csc1NC(=O)CSc1nnc(C2CC2)n1C. The van der Waals surface area contributed by atoms with Gasteiger partial charge in [-0.1, -0.05) is 11.8 Å². The summed E-state index contributed by atoms with van der Waals surface area (Å²) in [5, 5.41) is 14.6. The van der Waals surface area contributed by atoms with Crippen LogP contribution >= 0.6 is 23.1 Å². The Hall–Kier alpha value is -1.87. The van der Waals surface area contributed by atoms with Crippen LogP contribution < -0.4 is 5.32 Å². The largest absolute Gasteiger partial charge is 0.462 e. The molecule has 2 fully saturated rings. The van der Waals surface area contributed by atoms with E-state index in [-0.39, 0.29) is 17.6 Å². The summed E-state index contributed by atoms with van der Waals surface area (Å²) < 4.78 is 7.16. The molecule has 1 amide bonds. The second-order valence-corrected chi connectivity index (χ2v) is 8.72. The predicted molar refractivity (Wildman–Crippen MR) is 105 cm³/mol. The molecule has 1 N–H and O–H groups in total. The van der Waals surface area contributed by atoms with Crippen LogP contribution in [0.2, 0.25) is 0 Å². The lowest BCUT2D eigenvalue weighted by atomic mass is 10.1. The highest BCUT2D eigenvalue weighted by molar-refractivity contribution is 7.99. The number of amides is 1. The highest BCUT2D eigenvalue weighted by atomic mass is 32.2. The van der Waals surface area contributed by atoms with Crippen LogP contribution in [0, 0.1) is 0 Å². The summed E-state index contributed by atoms with van der Waals surface area (Å²) in [5.74, 6) is 1.63. The van der Waals surface area contributed by atoms with Crippen LogP contribution in [0.1, 0.15) is 66.2 Å². The van der Waals surface area contributed by atoms with Crippen LogP contribution in [0.15, 0.2) is 10.5 Å². The van der Waals surface area contributed by atoms with E-state index in [2.05, 4.69) is 15.5 Å². The molecule has 0 bridgehead atoms. The first-order valence-electron chi connectivity index (χ1n) is 9.18. The Morgan fingerprint density at radius 3 is 2.70 bits per heavy atom. The van der Waals surface area contributed by atoms with Gasteiger partial charge in [-0.2, -0.15) is 0 Å². The highest BCUT2D eigenvalue weighted by Crippen LogP contribution is 2.46. The van der Waals surface area contributed by atoms with Gasteiger partial charge in [-0.3, -0.25) is 4.79 Å². The number of thioether (sulfide) groups is 1. The number of rotatable bonds is 8. The molecular weight excluding hydrogens is 384 g/mol. The zero-order valence-corrected chi connectivity index (χ0v) is 17.0.